The Kier molecular flexibility index (Phi) is 4.74. The zero-order valence-corrected chi connectivity index (χ0v) is 17.9. The van der Waals surface area contributed by atoms with Crippen LogP contribution in [0.3, 0.4) is 0 Å². The smallest absolute Gasteiger partial charge is 0.228 e. The zero-order valence-electron chi connectivity index (χ0n) is 17.9. The van der Waals surface area contributed by atoms with Crippen molar-refractivity contribution >= 4 is 17.7 Å². The van der Waals surface area contributed by atoms with Crippen molar-refractivity contribution in [3.8, 4) is 11.3 Å². The van der Waals surface area contributed by atoms with Crippen LogP contribution in [0.2, 0.25) is 0 Å². The summed E-state index contributed by atoms with van der Waals surface area (Å²) in [5.41, 5.74) is 8.73. The summed E-state index contributed by atoms with van der Waals surface area (Å²) in [5, 5.41) is 3.56. The molecule has 0 aliphatic carbocycles. The second kappa shape index (κ2) is 7.31. The number of nitrogens with zero attached hydrogens (tertiary/aromatic N) is 6. The summed E-state index contributed by atoms with van der Waals surface area (Å²) in [7, 11) is 0. The van der Waals surface area contributed by atoms with Gasteiger partial charge in [0.2, 0.25) is 11.9 Å². The van der Waals surface area contributed by atoms with Crippen molar-refractivity contribution in [1.29, 1.82) is 0 Å². The summed E-state index contributed by atoms with van der Waals surface area (Å²) in [6, 6.07) is 0.227. The van der Waals surface area contributed by atoms with E-state index < -0.39 is 0 Å². The first kappa shape index (κ1) is 19.4. The number of hydrogen-bond acceptors (Lipinski definition) is 9. The largest absolute Gasteiger partial charge is 0.377 e. The number of nitrogen functional groups attached to an aromatic ring is 1. The third-order valence-electron chi connectivity index (χ3n) is 7.00. The maximum Gasteiger partial charge on any atom is 0.228 e. The lowest BCUT2D eigenvalue weighted by atomic mass is 9.89. The molecule has 5 rings (SSSR count). The zero-order chi connectivity index (χ0) is 20.9. The minimum atomic E-state index is 0.0301. The molecular formula is C21H30N8O. The van der Waals surface area contributed by atoms with Gasteiger partial charge in [-0.05, 0) is 26.2 Å². The Hall–Kier alpha value is -2.52. The van der Waals surface area contributed by atoms with Crippen molar-refractivity contribution in [2.75, 3.05) is 54.9 Å². The fraction of sp³-hybridized carbons (Fsp3) is 0.619. The molecule has 0 spiro atoms. The van der Waals surface area contributed by atoms with Gasteiger partial charge < -0.3 is 25.6 Å². The number of rotatable bonds is 3. The summed E-state index contributed by atoms with van der Waals surface area (Å²) in [6.45, 7) is 11.9. The summed E-state index contributed by atoms with van der Waals surface area (Å²) in [4.78, 5) is 23.3. The van der Waals surface area contributed by atoms with E-state index in [1.165, 1.54) is 5.56 Å². The second-order valence-corrected chi connectivity index (χ2v) is 8.91. The van der Waals surface area contributed by atoms with Crippen LogP contribution in [0.5, 0.6) is 0 Å². The molecule has 2 fully saturated rings. The molecule has 30 heavy (non-hydrogen) atoms. The molecule has 2 saturated heterocycles. The number of fused-ring (bicyclic) bond motifs is 1. The van der Waals surface area contributed by atoms with E-state index >= 15 is 0 Å². The first-order chi connectivity index (χ1) is 14.5. The third kappa shape index (κ3) is 3.07. The fourth-order valence-electron chi connectivity index (χ4n) is 4.89. The van der Waals surface area contributed by atoms with Gasteiger partial charge in [0, 0.05) is 49.7 Å². The van der Waals surface area contributed by atoms with Gasteiger partial charge in [-0.2, -0.15) is 4.98 Å². The Morgan fingerprint density at radius 1 is 1.20 bits per heavy atom. The third-order valence-corrected chi connectivity index (χ3v) is 7.00. The second-order valence-electron chi connectivity index (χ2n) is 8.91. The van der Waals surface area contributed by atoms with Crippen LogP contribution < -0.4 is 20.9 Å². The number of aromatic nitrogens is 4. The average Bonchev–Trinajstić information content (AvgIpc) is 3.32. The monoisotopic (exact) mass is 410 g/mol. The minimum Gasteiger partial charge on any atom is -0.377 e. The molecule has 0 unspecified atom stereocenters. The fourth-order valence-corrected chi connectivity index (χ4v) is 4.89. The highest BCUT2D eigenvalue weighted by atomic mass is 16.5. The van der Waals surface area contributed by atoms with Crippen LogP contribution in [0.4, 0.5) is 17.7 Å². The predicted octanol–water partition coefficient (Wildman–Crippen LogP) is 1.10. The van der Waals surface area contributed by atoms with E-state index in [2.05, 4.69) is 45.9 Å². The minimum absolute atomic E-state index is 0.0301. The van der Waals surface area contributed by atoms with Gasteiger partial charge in [0.15, 0.2) is 0 Å². The van der Waals surface area contributed by atoms with Crippen LogP contribution >= 0.6 is 0 Å². The highest BCUT2D eigenvalue weighted by molar-refractivity contribution is 5.73. The van der Waals surface area contributed by atoms with E-state index in [9.17, 15) is 0 Å². The highest BCUT2D eigenvalue weighted by Gasteiger charge is 2.45. The van der Waals surface area contributed by atoms with Crippen LogP contribution in [0.1, 0.15) is 26.3 Å². The van der Waals surface area contributed by atoms with Crippen molar-refractivity contribution in [2.45, 2.75) is 38.8 Å². The summed E-state index contributed by atoms with van der Waals surface area (Å²) in [5.74, 6) is 2.60. The molecule has 0 aromatic carbocycles. The maximum absolute atomic E-state index is 5.73. The van der Waals surface area contributed by atoms with E-state index in [0.29, 0.717) is 19.1 Å². The van der Waals surface area contributed by atoms with Crippen LogP contribution in [0.15, 0.2) is 12.4 Å². The number of morpholine rings is 1. The molecule has 2 aromatic heterocycles. The lowest BCUT2D eigenvalue weighted by molar-refractivity contribution is 0.0981. The molecule has 3 atom stereocenters. The quantitative estimate of drug-likeness (QED) is 0.769. The van der Waals surface area contributed by atoms with Crippen molar-refractivity contribution in [1.82, 2.24) is 25.3 Å². The summed E-state index contributed by atoms with van der Waals surface area (Å²) in [6.07, 6.45) is 4.44. The lowest BCUT2D eigenvalue weighted by Gasteiger charge is -2.40. The number of nitrogens with one attached hydrogen (secondary N) is 1. The molecule has 0 amide bonds. The van der Waals surface area contributed by atoms with Crippen molar-refractivity contribution in [2.24, 2.45) is 5.92 Å². The highest BCUT2D eigenvalue weighted by Crippen LogP contribution is 2.41. The van der Waals surface area contributed by atoms with E-state index in [4.69, 9.17) is 20.4 Å². The van der Waals surface area contributed by atoms with Crippen LogP contribution in [0.25, 0.3) is 11.3 Å². The van der Waals surface area contributed by atoms with Gasteiger partial charge in [0.05, 0.1) is 30.5 Å². The van der Waals surface area contributed by atoms with Crippen LogP contribution in [-0.4, -0.2) is 70.9 Å². The topological polar surface area (TPSA) is 105 Å². The first-order valence-electron chi connectivity index (χ1n) is 10.8. The van der Waals surface area contributed by atoms with Gasteiger partial charge in [-0.3, -0.25) is 0 Å². The number of ether oxygens (including phenoxy) is 1. The van der Waals surface area contributed by atoms with Gasteiger partial charge in [-0.1, -0.05) is 6.92 Å². The molecule has 2 aromatic rings. The Morgan fingerprint density at radius 3 is 2.70 bits per heavy atom. The maximum atomic E-state index is 5.73. The molecule has 3 aliphatic rings. The Labute approximate surface area is 177 Å². The number of nitrogens with two attached hydrogens (primary N) is 1. The van der Waals surface area contributed by atoms with E-state index in [1.807, 2.05) is 0 Å². The average molecular weight is 411 g/mol. The molecule has 3 N–H and O–H groups in total. The SMILES string of the molecule is C[C@H]1COCCN1c1nc(-c2cnc(N)nc2)c2c(n1)N([C@@]1(C)CNC[C@@H]1C)CC2. The summed E-state index contributed by atoms with van der Waals surface area (Å²) >= 11 is 0. The molecule has 0 bridgehead atoms. The van der Waals surface area contributed by atoms with Gasteiger partial charge in [0.25, 0.3) is 0 Å². The molecule has 3 aliphatic heterocycles. The van der Waals surface area contributed by atoms with E-state index in [0.717, 1.165) is 55.6 Å². The van der Waals surface area contributed by atoms with E-state index in [-0.39, 0.29) is 17.5 Å². The van der Waals surface area contributed by atoms with Gasteiger partial charge in [-0.25, -0.2) is 15.0 Å². The molecule has 0 radical (unpaired) electrons. The molecule has 160 valence electrons. The Balaban J connectivity index is 1.64. The number of hydrogen-bond donors (Lipinski definition) is 2. The normalized spacial score (nSPS) is 28.8. The van der Waals surface area contributed by atoms with Crippen molar-refractivity contribution < 1.29 is 4.74 Å². The Bertz CT molecular complexity index is 935. The number of anilines is 3. The van der Waals surface area contributed by atoms with Crippen molar-refractivity contribution in [3.05, 3.63) is 18.0 Å². The first-order valence-corrected chi connectivity index (χ1v) is 10.8. The van der Waals surface area contributed by atoms with Gasteiger partial charge in [0.1, 0.15) is 5.82 Å². The predicted molar refractivity (Wildman–Crippen MR) is 117 cm³/mol. The van der Waals surface area contributed by atoms with Crippen LogP contribution in [-0.2, 0) is 11.2 Å². The van der Waals surface area contributed by atoms with Crippen molar-refractivity contribution in [3.63, 3.8) is 0 Å². The molecule has 5 heterocycles. The van der Waals surface area contributed by atoms with Gasteiger partial charge in [-0.15, -0.1) is 0 Å². The standard InChI is InChI=1S/C21H30N8O/c1-13-8-23-12-21(13,3)29-5-4-16-17(15-9-24-19(22)25-10-15)26-20(27-18(16)29)28-6-7-30-11-14(28)2/h9-10,13-14,23H,4-8,11-12H2,1-3H3,(H2,22,24,25)/t13-,14-,21-/m0/s1. The molecule has 0 saturated carbocycles. The van der Waals surface area contributed by atoms with E-state index in [1.54, 1.807) is 12.4 Å². The lowest BCUT2D eigenvalue weighted by Crippen LogP contribution is -2.51. The Morgan fingerprint density at radius 2 is 2.00 bits per heavy atom. The molecular weight excluding hydrogens is 380 g/mol. The van der Waals surface area contributed by atoms with Crippen LogP contribution in [0, 0.1) is 5.92 Å². The molecule has 9 heteroatoms. The summed E-state index contributed by atoms with van der Waals surface area (Å²) < 4.78 is 5.64. The van der Waals surface area contributed by atoms with Gasteiger partial charge >= 0.3 is 0 Å². The molecule has 9 nitrogen and oxygen atoms in total.